The third-order valence-corrected chi connectivity index (χ3v) is 7.08. The van der Waals surface area contributed by atoms with Gasteiger partial charge >= 0.3 is 0 Å². The normalized spacial score (nSPS) is 18.7. The van der Waals surface area contributed by atoms with Crippen molar-refractivity contribution in [2.45, 2.75) is 135 Å². The van der Waals surface area contributed by atoms with E-state index in [1.165, 1.54) is 128 Å². The van der Waals surface area contributed by atoms with Gasteiger partial charge in [-0.3, -0.25) is 0 Å². The summed E-state index contributed by atoms with van der Waals surface area (Å²) in [5.41, 5.74) is 1.05. The molecule has 1 radical (unpaired) electrons. The van der Waals surface area contributed by atoms with Crippen LogP contribution in [0.3, 0.4) is 0 Å². The van der Waals surface area contributed by atoms with E-state index in [-0.39, 0.29) is 0 Å². The van der Waals surface area contributed by atoms with E-state index in [9.17, 15) is 0 Å². The summed E-state index contributed by atoms with van der Waals surface area (Å²) in [6.07, 6.45) is 29.8. The lowest BCUT2D eigenvalue weighted by atomic mass is 10.0. The molecular formula is C22H44P. The van der Waals surface area contributed by atoms with Gasteiger partial charge in [-0.05, 0) is 31.1 Å². The van der Waals surface area contributed by atoms with Crippen molar-refractivity contribution in [3.05, 3.63) is 0 Å². The molecule has 0 N–H and O–H groups in total. The second-order valence-corrected chi connectivity index (χ2v) is 9.34. The Morgan fingerprint density at radius 3 is 1.52 bits per heavy atom. The van der Waals surface area contributed by atoms with Gasteiger partial charge < -0.3 is 0 Å². The van der Waals surface area contributed by atoms with Crippen LogP contribution in [0, 0.1) is 0 Å². The highest BCUT2D eigenvalue weighted by molar-refractivity contribution is 7.38. The van der Waals surface area contributed by atoms with Crippen molar-refractivity contribution >= 4 is 8.58 Å². The van der Waals surface area contributed by atoms with E-state index in [0.717, 1.165) is 5.66 Å². The topological polar surface area (TPSA) is 0 Å². The molecule has 0 atom stereocenters. The van der Waals surface area contributed by atoms with Crippen molar-refractivity contribution in [2.24, 2.45) is 0 Å². The molecule has 0 nitrogen and oxygen atoms in total. The summed E-state index contributed by atoms with van der Waals surface area (Å²) in [5.74, 6) is 0. The fraction of sp³-hybridized carbons (Fsp3) is 1.00. The van der Waals surface area contributed by atoms with E-state index < -0.39 is 0 Å². The summed E-state index contributed by atoms with van der Waals surface area (Å²) in [5, 5.41) is 0. The first kappa shape index (κ1) is 21.5. The highest BCUT2D eigenvalue weighted by Gasteiger charge is 2.10. The third kappa shape index (κ3) is 14.5. The van der Waals surface area contributed by atoms with Crippen LogP contribution in [0.4, 0.5) is 0 Å². The molecule has 23 heavy (non-hydrogen) atoms. The number of rotatable bonds is 12. The van der Waals surface area contributed by atoms with Crippen molar-refractivity contribution in [3.8, 4) is 0 Å². The molecule has 0 aromatic rings. The molecule has 0 heterocycles. The zero-order valence-electron chi connectivity index (χ0n) is 16.2. The SMILES string of the molecule is CCCCCCCCCCCC[P]C1CCCCCCCCC1. The molecule has 0 unspecified atom stereocenters. The highest BCUT2D eigenvalue weighted by Crippen LogP contribution is 2.31. The quantitative estimate of drug-likeness (QED) is 0.246. The van der Waals surface area contributed by atoms with E-state index in [1.54, 1.807) is 8.58 Å². The summed E-state index contributed by atoms with van der Waals surface area (Å²) in [7, 11) is 1.80. The maximum atomic E-state index is 2.30. The van der Waals surface area contributed by atoms with Gasteiger partial charge in [0.1, 0.15) is 0 Å². The molecule has 0 aromatic carbocycles. The second kappa shape index (κ2) is 17.3. The van der Waals surface area contributed by atoms with Gasteiger partial charge in [0.25, 0.3) is 0 Å². The van der Waals surface area contributed by atoms with Crippen LogP contribution in [-0.4, -0.2) is 11.8 Å². The predicted octanol–water partition coefficient (Wildman–Crippen LogP) is 8.75. The molecule has 1 saturated carbocycles. The minimum Gasteiger partial charge on any atom is -0.0775 e. The smallest absolute Gasteiger partial charge is 0.0170 e. The fourth-order valence-electron chi connectivity index (χ4n) is 3.84. The van der Waals surface area contributed by atoms with E-state index in [0.29, 0.717) is 0 Å². The van der Waals surface area contributed by atoms with Gasteiger partial charge in [0.15, 0.2) is 0 Å². The Bertz CT molecular complexity index is 216. The molecule has 0 bridgehead atoms. The fourth-order valence-corrected chi connectivity index (χ4v) is 5.35. The van der Waals surface area contributed by atoms with Crippen molar-refractivity contribution in [2.75, 3.05) is 6.16 Å². The average Bonchev–Trinajstić information content (AvgIpc) is 2.58. The summed E-state index contributed by atoms with van der Waals surface area (Å²) in [4.78, 5) is 0. The molecule has 1 aliphatic rings. The third-order valence-electron chi connectivity index (χ3n) is 5.47. The second-order valence-electron chi connectivity index (χ2n) is 7.79. The van der Waals surface area contributed by atoms with Crippen LogP contribution in [-0.2, 0) is 0 Å². The molecule has 137 valence electrons. The summed E-state index contributed by atoms with van der Waals surface area (Å²) in [6.45, 7) is 2.30. The van der Waals surface area contributed by atoms with Crippen LogP contribution in [0.1, 0.15) is 129 Å². The molecular weight excluding hydrogens is 295 g/mol. The zero-order valence-corrected chi connectivity index (χ0v) is 17.1. The lowest BCUT2D eigenvalue weighted by molar-refractivity contribution is 0.509. The molecule has 1 aliphatic carbocycles. The standard InChI is InChI=1S/C22H44P/c1-2-3-4-5-6-7-8-12-15-18-21-23-22-19-16-13-10-9-11-14-17-20-22/h22H,2-21H2,1H3. The highest BCUT2D eigenvalue weighted by atomic mass is 31.1. The van der Waals surface area contributed by atoms with Gasteiger partial charge in [-0.2, -0.15) is 0 Å². The van der Waals surface area contributed by atoms with Crippen molar-refractivity contribution < 1.29 is 0 Å². The first-order valence-electron chi connectivity index (χ1n) is 11.1. The number of unbranched alkanes of at least 4 members (excludes halogenated alkanes) is 9. The maximum absolute atomic E-state index is 2.30. The Morgan fingerprint density at radius 1 is 0.565 bits per heavy atom. The molecule has 1 heteroatoms. The van der Waals surface area contributed by atoms with Gasteiger partial charge in [-0.15, -0.1) is 0 Å². The van der Waals surface area contributed by atoms with Crippen LogP contribution in [0.2, 0.25) is 0 Å². The molecule has 1 rings (SSSR count). The summed E-state index contributed by atoms with van der Waals surface area (Å²) >= 11 is 0. The first-order chi connectivity index (χ1) is 11.4. The molecule has 0 amide bonds. The van der Waals surface area contributed by atoms with Gasteiger partial charge in [0.05, 0.1) is 0 Å². The summed E-state index contributed by atoms with van der Waals surface area (Å²) < 4.78 is 0. The Hall–Kier alpha value is 0.430. The molecule has 0 aromatic heterocycles. The molecule has 0 spiro atoms. The molecule has 1 fully saturated rings. The van der Waals surface area contributed by atoms with Gasteiger partial charge in [0, 0.05) is 0 Å². The molecule has 0 aliphatic heterocycles. The van der Waals surface area contributed by atoms with Gasteiger partial charge in [-0.25, -0.2) is 0 Å². The Morgan fingerprint density at radius 2 is 1.00 bits per heavy atom. The minimum atomic E-state index is 1.05. The number of hydrogen-bond acceptors (Lipinski definition) is 0. The van der Waals surface area contributed by atoms with Crippen molar-refractivity contribution in [3.63, 3.8) is 0 Å². The Kier molecular flexibility index (Phi) is 16.1. The van der Waals surface area contributed by atoms with Crippen LogP contribution >= 0.6 is 8.58 Å². The predicted molar refractivity (Wildman–Crippen MR) is 109 cm³/mol. The van der Waals surface area contributed by atoms with Crippen molar-refractivity contribution in [1.82, 2.24) is 0 Å². The van der Waals surface area contributed by atoms with Gasteiger partial charge in [0.2, 0.25) is 0 Å². The first-order valence-corrected chi connectivity index (χ1v) is 12.2. The Labute approximate surface area is 149 Å². The van der Waals surface area contributed by atoms with Crippen LogP contribution in [0.15, 0.2) is 0 Å². The lowest BCUT2D eigenvalue weighted by Gasteiger charge is -2.17. The van der Waals surface area contributed by atoms with E-state index in [1.807, 2.05) is 0 Å². The van der Waals surface area contributed by atoms with Crippen LogP contribution < -0.4 is 0 Å². The number of hydrogen-bond donors (Lipinski definition) is 0. The monoisotopic (exact) mass is 339 g/mol. The molecule has 0 saturated heterocycles. The summed E-state index contributed by atoms with van der Waals surface area (Å²) in [6, 6.07) is 0. The van der Waals surface area contributed by atoms with Crippen LogP contribution in [0.5, 0.6) is 0 Å². The van der Waals surface area contributed by atoms with E-state index in [2.05, 4.69) is 6.92 Å². The minimum absolute atomic E-state index is 1.05. The maximum Gasteiger partial charge on any atom is -0.0170 e. The van der Waals surface area contributed by atoms with Crippen LogP contribution in [0.25, 0.3) is 0 Å². The van der Waals surface area contributed by atoms with Gasteiger partial charge in [-0.1, -0.05) is 118 Å². The average molecular weight is 340 g/mol. The lowest BCUT2D eigenvalue weighted by Crippen LogP contribution is -2.03. The van der Waals surface area contributed by atoms with E-state index in [4.69, 9.17) is 0 Å². The largest absolute Gasteiger partial charge is 0.0775 e. The van der Waals surface area contributed by atoms with Crippen molar-refractivity contribution in [1.29, 1.82) is 0 Å². The zero-order chi connectivity index (χ0) is 16.4. The van der Waals surface area contributed by atoms with E-state index >= 15 is 0 Å². The Balaban J connectivity index is 1.86.